The zero-order valence-corrected chi connectivity index (χ0v) is 12.5. The van der Waals surface area contributed by atoms with Crippen LogP contribution in [0.4, 0.5) is 0 Å². The van der Waals surface area contributed by atoms with Crippen molar-refractivity contribution in [3.05, 3.63) is 53.6 Å². The maximum atomic E-state index is 9.80. The lowest BCUT2D eigenvalue weighted by atomic mass is 9.78. The van der Waals surface area contributed by atoms with Crippen LogP contribution in [0, 0.1) is 0 Å². The van der Waals surface area contributed by atoms with Crippen LogP contribution in [0.2, 0.25) is 0 Å². The monoisotopic (exact) mass is 304 g/mol. The minimum absolute atomic E-state index is 0.0640. The van der Waals surface area contributed by atoms with Crippen LogP contribution in [0.25, 0.3) is 0 Å². The Balaban J connectivity index is 2.34. The Morgan fingerprint density at radius 1 is 0.955 bits per heavy atom. The van der Waals surface area contributed by atoms with Gasteiger partial charge in [0.05, 0.1) is 0 Å². The third-order valence-electron chi connectivity index (χ3n) is 3.66. The predicted octanol–water partition coefficient (Wildman–Crippen LogP) is 2.11. The molecule has 22 heavy (non-hydrogen) atoms. The van der Waals surface area contributed by atoms with Crippen molar-refractivity contribution in [1.29, 1.82) is 0 Å². The lowest BCUT2D eigenvalue weighted by molar-refractivity contribution is -0.0683. The van der Waals surface area contributed by atoms with Gasteiger partial charge < -0.3 is 25.2 Å². The molecule has 0 heterocycles. The molecule has 0 unspecified atom stereocenters. The number of benzene rings is 2. The van der Waals surface area contributed by atoms with Crippen molar-refractivity contribution in [3.63, 3.8) is 0 Å². The average molecular weight is 304 g/mol. The fourth-order valence-electron chi connectivity index (χ4n) is 2.23. The Morgan fingerprint density at radius 2 is 1.55 bits per heavy atom. The van der Waals surface area contributed by atoms with E-state index in [0.717, 1.165) is 11.1 Å². The van der Waals surface area contributed by atoms with Gasteiger partial charge in [-0.25, -0.2) is 0 Å². The van der Waals surface area contributed by atoms with Crippen LogP contribution in [0.1, 0.15) is 25.0 Å². The lowest BCUT2D eigenvalue weighted by Gasteiger charge is -2.27. The van der Waals surface area contributed by atoms with Gasteiger partial charge in [-0.1, -0.05) is 32.0 Å². The normalized spacial score (nSPS) is 11.7. The van der Waals surface area contributed by atoms with Crippen LogP contribution in [0.15, 0.2) is 42.5 Å². The number of aliphatic hydroxyl groups excluding tert-OH is 1. The van der Waals surface area contributed by atoms with Gasteiger partial charge in [-0.3, -0.25) is 0 Å². The molecule has 2 aromatic carbocycles. The van der Waals surface area contributed by atoms with E-state index in [0.29, 0.717) is 0 Å². The van der Waals surface area contributed by atoms with E-state index in [1.165, 1.54) is 6.07 Å². The van der Waals surface area contributed by atoms with Crippen molar-refractivity contribution in [3.8, 4) is 17.2 Å². The van der Waals surface area contributed by atoms with Crippen molar-refractivity contribution in [1.82, 2.24) is 0 Å². The summed E-state index contributed by atoms with van der Waals surface area (Å²) in [6, 6.07) is 11.9. The van der Waals surface area contributed by atoms with E-state index in [2.05, 4.69) is 0 Å². The molecule has 2 rings (SSSR count). The van der Waals surface area contributed by atoms with Gasteiger partial charge in [-0.2, -0.15) is 0 Å². The Bertz CT molecular complexity index is 632. The molecule has 0 aliphatic heterocycles. The first-order valence-corrected chi connectivity index (χ1v) is 6.92. The largest absolute Gasteiger partial charge is 0.508 e. The molecule has 2 aromatic rings. The quantitative estimate of drug-likeness (QED) is 0.635. The molecule has 0 amide bonds. The van der Waals surface area contributed by atoms with E-state index in [1.54, 1.807) is 24.3 Å². The minimum atomic E-state index is -1.60. The molecule has 0 saturated carbocycles. The van der Waals surface area contributed by atoms with Crippen LogP contribution < -0.4 is 4.74 Å². The Labute approximate surface area is 129 Å². The number of aliphatic hydroxyl groups is 2. The van der Waals surface area contributed by atoms with Gasteiger partial charge in [0.2, 0.25) is 0 Å². The van der Waals surface area contributed by atoms with Crippen molar-refractivity contribution < 1.29 is 25.2 Å². The zero-order valence-electron chi connectivity index (χ0n) is 12.5. The molecule has 0 fully saturated rings. The third kappa shape index (κ3) is 3.50. The van der Waals surface area contributed by atoms with Crippen LogP contribution in [-0.2, 0) is 5.41 Å². The summed E-state index contributed by atoms with van der Waals surface area (Å²) in [5.41, 5.74) is 1.50. The standard InChI is InChI=1S/C17H20O5/c1-17(2,11-3-6-13(18)7-4-11)12-5-8-14(19)15(9-12)22-10-16(20)21/h3-9,16,18-21H,10H2,1-2H3. The molecule has 0 aliphatic carbocycles. The molecule has 0 bridgehead atoms. The van der Waals surface area contributed by atoms with Gasteiger partial charge in [-0.15, -0.1) is 0 Å². The molecule has 0 spiro atoms. The van der Waals surface area contributed by atoms with E-state index in [1.807, 2.05) is 26.0 Å². The fourth-order valence-corrected chi connectivity index (χ4v) is 2.23. The van der Waals surface area contributed by atoms with Gasteiger partial charge in [0.15, 0.2) is 17.8 Å². The summed E-state index contributed by atoms with van der Waals surface area (Å²) in [7, 11) is 0. The van der Waals surface area contributed by atoms with E-state index in [4.69, 9.17) is 14.9 Å². The summed E-state index contributed by atoms with van der Waals surface area (Å²) in [5.74, 6) is 0.328. The maximum Gasteiger partial charge on any atom is 0.186 e. The van der Waals surface area contributed by atoms with Crippen molar-refractivity contribution in [2.24, 2.45) is 0 Å². The first kappa shape index (κ1) is 16.1. The number of ether oxygens (including phenoxy) is 1. The number of aromatic hydroxyl groups is 2. The second kappa shape index (κ2) is 6.25. The number of phenols is 2. The number of hydrogen-bond donors (Lipinski definition) is 4. The number of rotatable bonds is 5. The number of phenolic OH excluding ortho intramolecular Hbond substituents is 2. The molecule has 0 atom stereocenters. The first-order chi connectivity index (χ1) is 10.3. The Morgan fingerprint density at radius 3 is 2.14 bits per heavy atom. The highest BCUT2D eigenvalue weighted by Crippen LogP contribution is 2.37. The summed E-state index contributed by atoms with van der Waals surface area (Å²) in [4.78, 5) is 0. The lowest BCUT2D eigenvalue weighted by Crippen LogP contribution is -2.19. The predicted molar refractivity (Wildman–Crippen MR) is 82.1 cm³/mol. The molecule has 0 aromatic heterocycles. The van der Waals surface area contributed by atoms with Crippen LogP contribution in [-0.4, -0.2) is 33.3 Å². The van der Waals surface area contributed by atoms with Gasteiger partial charge in [-0.05, 0) is 35.4 Å². The van der Waals surface area contributed by atoms with Gasteiger partial charge in [0.1, 0.15) is 12.4 Å². The summed E-state index contributed by atoms with van der Waals surface area (Å²) in [6.07, 6.45) is -1.60. The molecule has 0 saturated heterocycles. The SMILES string of the molecule is CC(C)(c1ccc(O)cc1)c1ccc(O)c(OCC(O)O)c1. The van der Waals surface area contributed by atoms with Crippen LogP contribution in [0.5, 0.6) is 17.2 Å². The second-order valence-corrected chi connectivity index (χ2v) is 5.65. The van der Waals surface area contributed by atoms with Crippen LogP contribution >= 0.6 is 0 Å². The van der Waals surface area contributed by atoms with Crippen LogP contribution in [0.3, 0.4) is 0 Å². The average Bonchev–Trinajstić information content (AvgIpc) is 2.46. The van der Waals surface area contributed by atoms with Crippen molar-refractivity contribution >= 4 is 0 Å². The highest BCUT2D eigenvalue weighted by Gasteiger charge is 2.24. The summed E-state index contributed by atoms with van der Waals surface area (Å²) >= 11 is 0. The second-order valence-electron chi connectivity index (χ2n) is 5.65. The topological polar surface area (TPSA) is 90.2 Å². The summed E-state index contributed by atoms with van der Waals surface area (Å²) < 4.78 is 5.20. The molecule has 0 aliphatic rings. The van der Waals surface area contributed by atoms with E-state index in [-0.39, 0.29) is 29.3 Å². The number of hydrogen-bond acceptors (Lipinski definition) is 5. The molecule has 118 valence electrons. The van der Waals surface area contributed by atoms with Crippen molar-refractivity contribution in [2.75, 3.05) is 6.61 Å². The van der Waals surface area contributed by atoms with Crippen molar-refractivity contribution in [2.45, 2.75) is 25.6 Å². The Kier molecular flexibility index (Phi) is 4.59. The first-order valence-electron chi connectivity index (χ1n) is 6.92. The smallest absolute Gasteiger partial charge is 0.186 e. The Hall–Kier alpha value is -2.24. The zero-order chi connectivity index (χ0) is 16.3. The fraction of sp³-hybridized carbons (Fsp3) is 0.294. The summed E-state index contributed by atoms with van der Waals surface area (Å²) in [5, 5.41) is 36.9. The molecular weight excluding hydrogens is 284 g/mol. The maximum absolute atomic E-state index is 9.80. The molecule has 5 heteroatoms. The molecule has 4 N–H and O–H groups in total. The molecule has 5 nitrogen and oxygen atoms in total. The van der Waals surface area contributed by atoms with E-state index < -0.39 is 6.29 Å². The summed E-state index contributed by atoms with van der Waals surface area (Å²) in [6.45, 7) is 3.70. The highest BCUT2D eigenvalue weighted by atomic mass is 16.5. The minimum Gasteiger partial charge on any atom is -0.508 e. The van der Waals surface area contributed by atoms with Gasteiger partial charge >= 0.3 is 0 Å². The van der Waals surface area contributed by atoms with E-state index >= 15 is 0 Å². The van der Waals surface area contributed by atoms with E-state index in [9.17, 15) is 10.2 Å². The third-order valence-corrected chi connectivity index (χ3v) is 3.66. The van der Waals surface area contributed by atoms with Gasteiger partial charge in [0.25, 0.3) is 0 Å². The molecular formula is C17H20O5. The van der Waals surface area contributed by atoms with Gasteiger partial charge in [0, 0.05) is 5.41 Å². The highest BCUT2D eigenvalue weighted by molar-refractivity contribution is 5.48. The molecule has 0 radical (unpaired) electrons.